The Balaban J connectivity index is 2.63. The van der Waals surface area contributed by atoms with Crippen molar-refractivity contribution >= 4 is 29.0 Å². The summed E-state index contributed by atoms with van der Waals surface area (Å²) < 4.78 is 13.2. The second-order valence-corrected chi connectivity index (χ2v) is 4.20. The van der Waals surface area contributed by atoms with Crippen molar-refractivity contribution in [1.82, 2.24) is 0 Å². The van der Waals surface area contributed by atoms with E-state index in [1.807, 2.05) is 6.92 Å². The number of benzene rings is 1. The van der Waals surface area contributed by atoms with E-state index in [9.17, 15) is 9.18 Å². The first-order valence-corrected chi connectivity index (χ1v) is 5.71. The Labute approximate surface area is 92.2 Å². The van der Waals surface area contributed by atoms with Crippen LogP contribution in [0, 0.1) is 5.82 Å². The lowest BCUT2D eigenvalue weighted by molar-refractivity contribution is -0.113. The van der Waals surface area contributed by atoms with E-state index in [4.69, 9.17) is 5.73 Å². The molecule has 0 aliphatic rings. The zero-order valence-electron chi connectivity index (χ0n) is 8.42. The van der Waals surface area contributed by atoms with Crippen LogP contribution in [-0.4, -0.2) is 17.4 Å². The SMILES string of the molecule is CCSCC(=O)Nc1cc(N)ccc1F. The summed E-state index contributed by atoms with van der Waals surface area (Å²) in [4.78, 5) is 11.3. The number of hydrogen-bond donors (Lipinski definition) is 2. The van der Waals surface area contributed by atoms with Gasteiger partial charge < -0.3 is 11.1 Å². The predicted octanol–water partition coefficient (Wildman–Crippen LogP) is 2.10. The molecule has 82 valence electrons. The van der Waals surface area contributed by atoms with Crippen molar-refractivity contribution in [2.45, 2.75) is 6.92 Å². The molecule has 0 fully saturated rings. The maximum absolute atomic E-state index is 13.2. The first-order valence-electron chi connectivity index (χ1n) is 4.56. The third kappa shape index (κ3) is 3.79. The van der Waals surface area contributed by atoms with Crippen LogP contribution in [0.1, 0.15) is 6.92 Å². The number of hydrogen-bond acceptors (Lipinski definition) is 3. The highest BCUT2D eigenvalue weighted by atomic mass is 32.2. The maximum atomic E-state index is 13.2. The molecule has 0 saturated carbocycles. The minimum absolute atomic E-state index is 0.136. The number of anilines is 2. The number of nitrogen functional groups attached to an aromatic ring is 1. The van der Waals surface area contributed by atoms with Gasteiger partial charge >= 0.3 is 0 Å². The molecular formula is C10H13FN2OS. The van der Waals surface area contributed by atoms with E-state index in [-0.39, 0.29) is 11.6 Å². The molecule has 0 unspecified atom stereocenters. The number of amides is 1. The van der Waals surface area contributed by atoms with Gasteiger partial charge in [-0.3, -0.25) is 4.79 Å². The van der Waals surface area contributed by atoms with Gasteiger partial charge in [0.25, 0.3) is 0 Å². The molecule has 1 rings (SSSR count). The maximum Gasteiger partial charge on any atom is 0.234 e. The van der Waals surface area contributed by atoms with E-state index < -0.39 is 5.82 Å². The third-order valence-electron chi connectivity index (χ3n) is 1.70. The summed E-state index contributed by atoms with van der Waals surface area (Å²) in [5.74, 6) is 0.489. The summed E-state index contributed by atoms with van der Waals surface area (Å²) in [5, 5.41) is 2.47. The van der Waals surface area contributed by atoms with Crippen molar-refractivity contribution in [3.05, 3.63) is 24.0 Å². The molecule has 15 heavy (non-hydrogen) atoms. The third-order valence-corrected chi connectivity index (χ3v) is 2.58. The van der Waals surface area contributed by atoms with Gasteiger partial charge in [0.1, 0.15) is 5.82 Å². The van der Waals surface area contributed by atoms with Crippen molar-refractivity contribution in [2.24, 2.45) is 0 Å². The lowest BCUT2D eigenvalue weighted by Crippen LogP contribution is -2.15. The molecule has 0 heterocycles. The van der Waals surface area contributed by atoms with E-state index in [0.29, 0.717) is 11.4 Å². The fourth-order valence-corrected chi connectivity index (χ4v) is 1.48. The van der Waals surface area contributed by atoms with E-state index in [2.05, 4.69) is 5.32 Å². The van der Waals surface area contributed by atoms with Gasteiger partial charge in [0.15, 0.2) is 0 Å². The van der Waals surface area contributed by atoms with E-state index in [1.165, 1.54) is 30.0 Å². The van der Waals surface area contributed by atoms with Crippen molar-refractivity contribution in [1.29, 1.82) is 0 Å². The Morgan fingerprint density at radius 2 is 2.33 bits per heavy atom. The average molecular weight is 228 g/mol. The Morgan fingerprint density at radius 1 is 1.60 bits per heavy atom. The zero-order valence-corrected chi connectivity index (χ0v) is 9.23. The van der Waals surface area contributed by atoms with Gasteiger partial charge in [-0.05, 0) is 24.0 Å². The first kappa shape index (κ1) is 11.8. The number of nitrogens with one attached hydrogen (secondary N) is 1. The van der Waals surface area contributed by atoms with Crippen LogP contribution in [0.15, 0.2) is 18.2 Å². The fourth-order valence-electron chi connectivity index (χ4n) is 1.02. The molecule has 1 amide bonds. The summed E-state index contributed by atoms with van der Waals surface area (Å²) in [6.45, 7) is 1.96. The molecule has 0 aliphatic heterocycles. The van der Waals surface area contributed by atoms with Crippen molar-refractivity contribution in [3.8, 4) is 0 Å². The average Bonchev–Trinajstić information content (AvgIpc) is 2.20. The molecule has 1 aromatic carbocycles. The van der Waals surface area contributed by atoms with E-state index in [0.717, 1.165) is 5.75 Å². The number of nitrogens with two attached hydrogens (primary N) is 1. The van der Waals surface area contributed by atoms with Gasteiger partial charge in [-0.25, -0.2) is 4.39 Å². The molecule has 1 aromatic rings. The van der Waals surface area contributed by atoms with Crippen LogP contribution in [0.4, 0.5) is 15.8 Å². The summed E-state index contributed by atoms with van der Waals surface area (Å²) in [5.41, 5.74) is 6.04. The summed E-state index contributed by atoms with van der Waals surface area (Å²) in [6.07, 6.45) is 0. The summed E-state index contributed by atoms with van der Waals surface area (Å²) in [7, 11) is 0. The normalized spacial score (nSPS) is 10.0. The molecular weight excluding hydrogens is 215 g/mol. The van der Waals surface area contributed by atoms with Gasteiger partial charge in [-0.1, -0.05) is 6.92 Å². The Morgan fingerprint density at radius 3 is 3.00 bits per heavy atom. The largest absolute Gasteiger partial charge is 0.399 e. The van der Waals surface area contributed by atoms with Gasteiger partial charge in [0, 0.05) is 5.69 Å². The highest BCUT2D eigenvalue weighted by Gasteiger charge is 2.06. The molecule has 0 spiro atoms. The van der Waals surface area contributed by atoms with Gasteiger partial charge in [0.2, 0.25) is 5.91 Å². The minimum atomic E-state index is -0.473. The lowest BCUT2D eigenvalue weighted by atomic mass is 10.2. The first-order chi connectivity index (χ1) is 7.13. The van der Waals surface area contributed by atoms with Crippen LogP contribution in [0.5, 0.6) is 0 Å². The second kappa shape index (κ2) is 5.60. The minimum Gasteiger partial charge on any atom is -0.399 e. The van der Waals surface area contributed by atoms with Crippen LogP contribution >= 0.6 is 11.8 Å². The van der Waals surface area contributed by atoms with Crippen LogP contribution < -0.4 is 11.1 Å². The Kier molecular flexibility index (Phi) is 4.42. The van der Waals surface area contributed by atoms with Crippen molar-refractivity contribution in [2.75, 3.05) is 22.6 Å². The molecule has 0 atom stereocenters. The smallest absolute Gasteiger partial charge is 0.234 e. The number of halogens is 1. The van der Waals surface area contributed by atoms with Crippen LogP contribution in [0.3, 0.4) is 0 Å². The number of carbonyl (C=O) groups is 1. The number of thioether (sulfide) groups is 1. The fraction of sp³-hybridized carbons (Fsp3) is 0.300. The number of rotatable bonds is 4. The zero-order chi connectivity index (χ0) is 11.3. The highest BCUT2D eigenvalue weighted by molar-refractivity contribution is 7.99. The van der Waals surface area contributed by atoms with Gasteiger partial charge in [-0.15, -0.1) is 0 Å². The van der Waals surface area contributed by atoms with Gasteiger partial charge in [0.05, 0.1) is 11.4 Å². The molecule has 0 saturated heterocycles. The highest BCUT2D eigenvalue weighted by Crippen LogP contribution is 2.17. The number of carbonyl (C=O) groups excluding carboxylic acids is 1. The second-order valence-electron chi connectivity index (χ2n) is 2.92. The van der Waals surface area contributed by atoms with Gasteiger partial charge in [-0.2, -0.15) is 11.8 Å². The van der Waals surface area contributed by atoms with E-state index >= 15 is 0 Å². The standard InChI is InChI=1S/C10H13FN2OS/c1-2-15-6-10(14)13-9-5-7(12)3-4-8(9)11/h3-5H,2,6,12H2,1H3,(H,13,14). The Hall–Kier alpha value is -1.23. The van der Waals surface area contributed by atoms with E-state index in [1.54, 1.807) is 0 Å². The van der Waals surface area contributed by atoms with Crippen molar-refractivity contribution < 1.29 is 9.18 Å². The summed E-state index contributed by atoms with van der Waals surface area (Å²) >= 11 is 1.48. The molecule has 0 bridgehead atoms. The Bertz CT molecular complexity index is 357. The van der Waals surface area contributed by atoms with Crippen LogP contribution in [-0.2, 0) is 4.79 Å². The molecule has 3 nitrogen and oxygen atoms in total. The monoisotopic (exact) mass is 228 g/mol. The molecule has 5 heteroatoms. The van der Waals surface area contributed by atoms with Crippen LogP contribution in [0.25, 0.3) is 0 Å². The lowest BCUT2D eigenvalue weighted by Gasteiger charge is -2.06. The molecule has 3 N–H and O–H groups in total. The molecule has 0 radical (unpaired) electrons. The van der Waals surface area contributed by atoms with Crippen molar-refractivity contribution in [3.63, 3.8) is 0 Å². The molecule has 0 aliphatic carbocycles. The quantitative estimate of drug-likeness (QED) is 0.776. The van der Waals surface area contributed by atoms with Crippen LogP contribution in [0.2, 0.25) is 0 Å². The topological polar surface area (TPSA) is 55.1 Å². The molecule has 0 aromatic heterocycles. The predicted molar refractivity (Wildman–Crippen MR) is 62.4 cm³/mol. The summed E-state index contributed by atoms with van der Waals surface area (Å²) in [6, 6.07) is 4.09.